The fourth-order valence-corrected chi connectivity index (χ4v) is 2.86. The lowest BCUT2D eigenvalue weighted by molar-refractivity contribution is -0.117. The zero-order chi connectivity index (χ0) is 18.0. The second kappa shape index (κ2) is 6.76. The van der Waals surface area contributed by atoms with Gasteiger partial charge in [0.2, 0.25) is 11.9 Å². The molecule has 3 N–H and O–H groups in total. The van der Waals surface area contributed by atoms with Crippen LogP contribution in [0.4, 0.5) is 11.6 Å². The zero-order valence-corrected chi connectivity index (χ0v) is 14.0. The minimum absolute atomic E-state index is 0.0447. The van der Waals surface area contributed by atoms with Crippen molar-refractivity contribution in [3.8, 4) is 5.75 Å². The van der Waals surface area contributed by atoms with E-state index in [1.54, 1.807) is 31.1 Å². The highest BCUT2D eigenvalue weighted by molar-refractivity contribution is 5.99. The Balaban J connectivity index is 1.73. The van der Waals surface area contributed by atoms with E-state index in [9.17, 15) is 9.59 Å². The maximum atomic E-state index is 12.4. The van der Waals surface area contributed by atoms with E-state index in [4.69, 9.17) is 10.5 Å². The van der Waals surface area contributed by atoms with Gasteiger partial charge in [-0.3, -0.25) is 9.59 Å². The van der Waals surface area contributed by atoms with Crippen LogP contribution < -0.4 is 20.7 Å². The standard InChI is InChI=1S/C17H19N5O3/c1-10-7-12(21-17(18)19-10)16(24)20-11-8-15(23)22(9-11)13-5-3-4-6-14(13)25-2/h3-7,11H,8-9H2,1-2H3,(H,20,24)(H2,18,19,21). The first-order valence-corrected chi connectivity index (χ1v) is 7.83. The molecule has 1 saturated heterocycles. The van der Waals surface area contributed by atoms with Crippen molar-refractivity contribution in [2.75, 3.05) is 24.3 Å². The molecule has 2 amide bonds. The lowest BCUT2D eigenvalue weighted by Crippen LogP contribution is -2.37. The molecule has 0 spiro atoms. The molecule has 25 heavy (non-hydrogen) atoms. The molecule has 1 aromatic carbocycles. The number of nitrogens with one attached hydrogen (secondary N) is 1. The summed E-state index contributed by atoms with van der Waals surface area (Å²) >= 11 is 0. The van der Waals surface area contributed by atoms with Gasteiger partial charge in [-0.25, -0.2) is 9.97 Å². The number of nitrogens with zero attached hydrogens (tertiary/aromatic N) is 3. The molecule has 2 heterocycles. The number of aromatic nitrogens is 2. The van der Waals surface area contributed by atoms with Gasteiger partial charge in [-0.05, 0) is 25.1 Å². The monoisotopic (exact) mass is 341 g/mol. The van der Waals surface area contributed by atoms with Crippen molar-refractivity contribution >= 4 is 23.5 Å². The molecule has 0 radical (unpaired) electrons. The zero-order valence-electron chi connectivity index (χ0n) is 14.0. The highest BCUT2D eigenvalue weighted by Gasteiger charge is 2.33. The fraction of sp³-hybridized carbons (Fsp3) is 0.294. The van der Waals surface area contributed by atoms with Crippen LogP contribution >= 0.6 is 0 Å². The van der Waals surface area contributed by atoms with Gasteiger partial charge in [0.25, 0.3) is 5.91 Å². The number of nitrogens with two attached hydrogens (primary N) is 1. The molecule has 1 atom stereocenters. The molecule has 1 aliphatic rings. The van der Waals surface area contributed by atoms with Gasteiger partial charge in [-0.15, -0.1) is 0 Å². The fourth-order valence-electron chi connectivity index (χ4n) is 2.86. The van der Waals surface area contributed by atoms with E-state index in [1.165, 1.54) is 0 Å². The summed E-state index contributed by atoms with van der Waals surface area (Å²) in [6.45, 7) is 2.10. The second-order valence-corrected chi connectivity index (χ2v) is 5.80. The van der Waals surface area contributed by atoms with Gasteiger partial charge in [0, 0.05) is 18.7 Å². The van der Waals surface area contributed by atoms with E-state index in [-0.39, 0.29) is 35.9 Å². The number of rotatable bonds is 4. The predicted octanol–water partition coefficient (Wildman–Crippen LogP) is 0.911. The van der Waals surface area contributed by atoms with Gasteiger partial charge in [-0.1, -0.05) is 12.1 Å². The number of aryl methyl sites for hydroxylation is 1. The number of nitrogen functional groups attached to an aromatic ring is 1. The first-order valence-electron chi connectivity index (χ1n) is 7.83. The van der Waals surface area contributed by atoms with Crippen molar-refractivity contribution < 1.29 is 14.3 Å². The Morgan fingerprint density at radius 3 is 2.84 bits per heavy atom. The quantitative estimate of drug-likeness (QED) is 0.855. The Kier molecular flexibility index (Phi) is 4.51. The molecule has 0 aliphatic carbocycles. The average Bonchev–Trinajstić information content (AvgIpc) is 2.94. The summed E-state index contributed by atoms with van der Waals surface area (Å²) in [5, 5.41) is 2.83. The number of amides is 2. The third kappa shape index (κ3) is 3.52. The number of methoxy groups -OCH3 is 1. The van der Waals surface area contributed by atoms with Gasteiger partial charge in [-0.2, -0.15) is 0 Å². The van der Waals surface area contributed by atoms with Crippen molar-refractivity contribution in [3.63, 3.8) is 0 Å². The van der Waals surface area contributed by atoms with Gasteiger partial charge >= 0.3 is 0 Å². The third-order valence-electron chi connectivity index (χ3n) is 3.94. The number of carbonyl (C=O) groups excluding carboxylic acids is 2. The summed E-state index contributed by atoms with van der Waals surface area (Å²) in [6.07, 6.45) is 0.212. The molecular formula is C17H19N5O3. The van der Waals surface area contributed by atoms with Crippen molar-refractivity contribution in [2.24, 2.45) is 0 Å². The van der Waals surface area contributed by atoms with E-state index >= 15 is 0 Å². The maximum absolute atomic E-state index is 12.4. The molecule has 1 fully saturated rings. The first kappa shape index (κ1) is 16.7. The van der Waals surface area contributed by atoms with Crippen molar-refractivity contribution in [2.45, 2.75) is 19.4 Å². The maximum Gasteiger partial charge on any atom is 0.270 e. The molecule has 1 unspecified atom stereocenters. The third-order valence-corrected chi connectivity index (χ3v) is 3.94. The summed E-state index contributed by atoms with van der Waals surface area (Å²) in [7, 11) is 1.56. The first-order chi connectivity index (χ1) is 12.0. The highest BCUT2D eigenvalue weighted by Crippen LogP contribution is 2.31. The number of anilines is 2. The number of hydrogen-bond acceptors (Lipinski definition) is 6. The summed E-state index contributed by atoms with van der Waals surface area (Å²) in [4.78, 5) is 34.2. The highest BCUT2D eigenvalue weighted by atomic mass is 16.5. The number of carbonyl (C=O) groups is 2. The minimum atomic E-state index is -0.378. The lowest BCUT2D eigenvalue weighted by atomic mass is 10.2. The second-order valence-electron chi connectivity index (χ2n) is 5.80. The summed E-state index contributed by atoms with van der Waals surface area (Å²) < 4.78 is 5.31. The topological polar surface area (TPSA) is 110 Å². The Labute approximate surface area is 145 Å². The molecule has 8 nitrogen and oxygen atoms in total. The molecule has 0 saturated carbocycles. The van der Waals surface area contributed by atoms with Crippen LogP contribution in [-0.4, -0.2) is 41.5 Å². The van der Waals surface area contributed by atoms with Crippen LogP contribution in [-0.2, 0) is 4.79 Å². The smallest absolute Gasteiger partial charge is 0.270 e. The molecule has 1 aromatic heterocycles. The van der Waals surface area contributed by atoms with Crippen molar-refractivity contribution in [1.82, 2.24) is 15.3 Å². The SMILES string of the molecule is COc1ccccc1N1CC(NC(=O)c2cc(C)nc(N)n2)CC1=O. The van der Waals surface area contributed by atoms with Crippen LogP contribution in [0.25, 0.3) is 0 Å². The summed E-state index contributed by atoms with van der Waals surface area (Å²) in [6, 6.07) is 8.52. The van der Waals surface area contributed by atoms with Crippen LogP contribution in [0.3, 0.4) is 0 Å². The Morgan fingerprint density at radius 1 is 1.36 bits per heavy atom. The largest absolute Gasteiger partial charge is 0.495 e. The molecule has 3 rings (SSSR count). The molecule has 8 heteroatoms. The predicted molar refractivity (Wildman–Crippen MR) is 92.4 cm³/mol. The number of ether oxygens (including phenoxy) is 1. The molecule has 1 aliphatic heterocycles. The molecule has 0 bridgehead atoms. The van der Waals surface area contributed by atoms with Gasteiger partial charge in [0.05, 0.1) is 18.8 Å². The summed E-state index contributed by atoms with van der Waals surface area (Å²) in [5.74, 6) is 0.204. The van der Waals surface area contributed by atoms with Crippen LogP contribution in [0.15, 0.2) is 30.3 Å². The molecule has 2 aromatic rings. The van der Waals surface area contributed by atoms with Crippen molar-refractivity contribution in [3.05, 3.63) is 41.7 Å². The van der Waals surface area contributed by atoms with Gasteiger partial charge < -0.3 is 20.7 Å². The summed E-state index contributed by atoms with van der Waals surface area (Å²) in [5.41, 5.74) is 7.06. The number of hydrogen-bond donors (Lipinski definition) is 2. The van der Waals surface area contributed by atoms with Crippen LogP contribution in [0.1, 0.15) is 22.6 Å². The minimum Gasteiger partial charge on any atom is -0.495 e. The van der Waals surface area contributed by atoms with Crippen molar-refractivity contribution in [1.29, 1.82) is 0 Å². The van der Waals surface area contributed by atoms with Crippen LogP contribution in [0, 0.1) is 6.92 Å². The Bertz CT molecular complexity index is 803. The van der Waals surface area contributed by atoms with E-state index in [1.807, 2.05) is 18.2 Å². The molecule has 130 valence electrons. The van der Waals surface area contributed by atoms with Crippen LogP contribution in [0.2, 0.25) is 0 Å². The normalized spacial score (nSPS) is 16.8. The van der Waals surface area contributed by atoms with E-state index in [0.29, 0.717) is 23.7 Å². The van der Waals surface area contributed by atoms with E-state index in [0.717, 1.165) is 0 Å². The van der Waals surface area contributed by atoms with E-state index in [2.05, 4.69) is 15.3 Å². The molecular weight excluding hydrogens is 322 g/mol. The Morgan fingerprint density at radius 2 is 2.12 bits per heavy atom. The Hall–Kier alpha value is -3.16. The van der Waals surface area contributed by atoms with Gasteiger partial charge in [0.1, 0.15) is 11.4 Å². The average molecular weight is 341 g/mol. The van der Waals surface area contributed by atoms with E-state index < -0.39 is 0 Å². The number of para-hydroxylation sites is 2. The lowest BCUT2D eigenvalue weighted by Gasteiger charge is -2.19. The van der Waals surface area contributed by atoms with Crippen LogP contribution in [0.5, 0.6) is 5.75 Å². The van der Waals surface area contributed by atoms with Gasteiger partial charge in [0.15, 0.2) is 0 Å². The number of benzene rings is 1.